The zero-order chi connectivity index (χ0) is 16.9. The van der Waals surface area contributed by atoms with Gasteiger partial charge in [0.2, 0.25) is 0 Å². The molecular weight excluding hydrogens is 437 g/mol. The van der Waals surface area contributed by atoms with Crippen molar-refractivity contribution >= 4 is 45.5 Å². The third kappa shape index (κ3) is 6.48. The van der Waals surface area contributed by atoms with Gasteiger partial charge < -0.3 is 11.1 Å². The van der Waals surface area contributed by atoms with Gasteiger partial charge in [-0.15, -0.1) is 24.0 Å². The molecule has 2 aromatic rings. The summed E-state index contributed by atoms with van der Waals surface area (Å²) in [6.07, 6.45) is 1.89. The van der Waals surface area contributed by atoms with Crippen LogP contribution in [-0.4, -0.2) is 27.2 Å². The van der Waals surface area contributed by atoms with E-state index in [4.69, 9.17) is 5.73 Å². The van der Waals surface area contributed by atoms with E-state index in [0.717, 1.165) is 16.8 Å². The molecule has 0 aromatic heterocycles. The van der Waals surface area contributed by atoms with Crippen molar-refractivity contribution < 1.29 is 8.42 Å². The van der Waals surface area contributed by atoms with Gasteiger partial charge in [-0.1, -0.05) is 24.3 Å². The molecule has 130 valence electrons. The lowest BCUT2D eigenvalue weighted by Gasteiger charge is -2.06. The fourth-order valence-electron chi connectivity index (χ4n) is 2.12. The molecule has 0 atom stereocenters. The molecule has 0 bridgehead atoms. The molecule has 0 fully saturated rings. The average molecular weight is 459 g/mol. The highest BCUT2D eigenvalue weighted by Crippen LogP contribution is 2.11. The molecule has 0 saturated heterocycles. The maximum Gasteiger partial charge on any atom is 0.193 e. The van der Waals surface area contributed by atoms with Gasteiger partial charge in [-0.3, -0.25) is 4.99 Å². The molecule has 5 nitrogen and oxygen atoms in total. The van der Waals surface area contributed by atoms with Crippen LogP contribution in [0.1, 0.15) is 11.1 Å². The second-order valence-electron chi connectivity index (χ2n) is 5.43. The van der Waals surface area contributed by atoms with Gasteiger partial charge in [0.1, 0.15) is 0 Å². The molecule has 0 heterocycles. The van der Waals surface area contributed by atoms with Gasteiger partial charge in [0.15, 0.2) is 15.8 Å². The van der Waals surface area contributed by atoms with Gasteiger partial charge in [0.05, 0.1) is 4.90 Å². The Kier molecular flexibility index (Phi) is 7.68. The summed E-state index contributed by atoms with van der Waals surface area (Å²) in [5.41, 5.74) is 8.93. The SMILES string of the molecule is Cc1cccc(NC(N)=NCCc2ccc(S(C)(=O)=O)cc2)c1.I. The van der Waals surface area contributed by atoms with Crippen LogP contribution in [0.5, 0.6) is 0 Å². The first-order chi connectivity index (χ1) is 10.8. The number of aliphatic imine (C=N–C) groups is 1. The van der Waals surface area contributed by atoms with Crippen molar-refractivity contribution in [3.8, 4) is 0 Å². The molecule has 0 aliphatic rings. The summed E-state index contributed by atoms with van der Waals surface area (Å²) < 4.78 is 22.8. The van der Waals surface area contributed by atoms with Crippen LogP contribution in [0.4, 0.5) is 5.69 Å². The van der Waals surface area contributed by atoms with Gasteiger partial charge in [0, 0.05) is 18.5 Å². The zero-order valence-corrected chi connectivity index (χ0v) is 16.8. The van der Waals surface area contributed by atoms with E-state index in [1.807, 2.05) is 31.2 Å². The number of nitrogens with one attached hydrogen (secondary N) is 1. The number of hydrogen-bond acceptors (Lipinski definition) is 3. The summed E-state index contributed by atoms with van der Waals surface area (Å²) in [7, 11) is -3.15. The molecule has 0 radical (unpaired) electrons. The second-order valence-corrected chi connectivity index (χ2v) is 7.44. The lowest BCUT2D eigenvalue weighted by atomic mass is 10.1. The summed E-state index contributed by atoms with van der Waals surface area (Å²) in [5.74, 6) is 0.364. The van der Waals surface area contributed by atoms with Crippen molar-refractivity contribution in [1.82, 2.24) is 0 Å². The van der Waals surface area contributed by atoms with Gasteiger partial charge in [-0.25, -0.2) is 8.42 Å². The highest BCUT2D eigenvalue weighted by Gasteiger charge is 2.05. The van der Waals surface area contributed by atoms with Crippen LogP contribution in [0.2, 0.25) is 0 Å². The molecule has 0 unspecified atom stereocenters. The highest BCUT2D eigenvalue weighted by atomic mass is 127. The predicted octanol–water partition coefficient (Wildman–Crippen LogP) is 2.99. The van der Waals surface area contributed by atoms with Crippen molar-refractivity contribution in [2.45, 2.75) is 18.2 Å². The molecule has 24 heavy (non-hydrogen) atoms. The smallest absolute Gasteiger partial charge is 0.193 e. The Morgan fingerprint density at radius 3 is 2.42 bits per heavy atom. The molecule has 2 rings (SSSR count). The summed E-state index contributed by atoms with van der Waals surface area (Å²) in [6.45, 7) is 2.54. The number of aryl methyl sites for hydroxylation is 1. The summed E-state index contributed by atoms with van der Waals surface area (Å²) in [6, 6.07) is 14.7. The first-order valence-electron chi connectivity index (χ1n) is 7.27. The lowest BCUT2D eigenvalue weighted by Crippen LogP contribution is -2.23. The van der Waals surface area contributed by atoms with E-state index in [2.05, 4.69) is 10.3 Å². The minimum absolute atomic E-state index is 0. The van der Waals surface area contributed by atoms with E-state index in [-0.39, 0.29) is 24.0 Å². The number of guanidine groups is 1. The number of halogens is 1. The summed E-state index contributed by atoms with van der Waals surface area (Å²) >= 11 is 0. The van der Waals surface area contributed by atoms with Crippen LogP contribution in [0.25, 0.3) is 0 Å². The van der Waals surface area contributed by atoms with E-state index in [1.165, 1.54) is 6.26 Å². The third-order valence-electron chi connectivity index (χ3n) is 3.32. The van der Waals surface area contributed by atoms with Gasteiger partial charge >= 0.3 is 0 Å². The van der Waals surface area contributed by atoms with Crippen LogP contribution >= 0.6 is 24.0 Å². The molecular formula is C17H22IN3O2S. The van der Waals surface area contributed by atoms with Crippen molar-refractivity contribution in [1.29, 1.82) is 0 Å². The number of nitrogens with two attached hydrogens (primary N) is 1. The zero-order valence-electron chi connectivity index (χ0n) is 13.7. The largest absolute Gasteiger partial charge is 0.370 e. The van der Waals surface area contributed by atoms with E-state index in [9.17, 15) is 8.42 Å². The number of nitrogens with zero attached hydrogens (tertiary/aromatic N) is 1. The first kappa shape index (κ1) is 20.4. The van der Waals surface area contributed by atoms with Crippen molar-refractivity contribution in [3.63, 3.8) is 0 Å². The van der Waals surface area contributed by atoms with Gasteiger partial charge in [0.25, 0.3) is 0 Å². The molecule has 0 aliphatic carbocycles. The maximum absolute atomic E-state index is 11.4. The molecule has 0 saturated carbocycles. The van der Waals surface area contributed by atoms with Crippen molar-refractivity contribution in [2.75, 3.05) is 18.1 Å². The molecule has 2 aromatic carbocycles. The maximum atomic E-state index is 11.4. The Hall–Kier alpha value is -1.61. The fraction of sp³-hybridized carbons (Fsp3) is 0.235. The number of rotatable bonds is 5. The van der Waals surface area contributed by atoms with E-state index >= 15 is 0 Å². The van der Waals surface area contributed by atoms with Crippen LogP contribution < -0.4 is 11.1 Å². The lowest BCUT2D eigenvalue weighted by molar-refractivity contribution is 0.602. The molecule has 7 heteroatoms. The van der Waals surface area contributed by atoms with E-state index in [1.54, 1.807) is 24.3 Å². The standard InChI is InChI=1S/C17H21N3O2S.HI/c1-13-4-3-5-15(12-13)20-17(18)19-11-10-14-6-8-16(9-7-14)23(2,21)22;/h3-9,12H,10-11H2,1-2H3,(H3,18,19,20);1H. The minimum atomic E-state index is -3.15. The Morgan fingerprint density at radius 2 is 1.83 bits per heavy atom. The Bertz CT molecular complexity index is 803. The second kappa shape index (κ2) is 9.03. The Labute approximate surface area is 160 Å². The van der Waals surface area contributed by atoms with E-state index < -0.39 is 9.84 Å². The number of benzene rings is 2. The minimum Gasteiger partial charge on any atom is -0.370 e. The first-order valence-corrected chi connectivity index (χ1v) is 9.16. The number of sulfone groups is 1. The topological polar surface area (TPSA) is 84.5 Å². The van der Waals surface area contributed by atoms with E-state index in [0.29, 0.717) is 23.8 Å². The summed E-state index contributed by atoms with van der Waals surface area (Å²) in [5, 5.41) is 3.05. The summed E-state index contributed by atoms with van der Waals surface area (Å²) in [4.78, 5) is 4.61. The highest BCUT2D eigenvalue weighted by molar-refractivity contribution is 14.0. The normalized spacial score (nSPS) is 11.7. The van der Waals surface area contributed by atoms with Crippen molar-refractivity contribution in [3.05, 3.63) is 59.7 Å². The molecule has 0 spiro atoms. The number of anilines is 1. The van der Waals surface area contributed by atoms with Gasteiger partial charge in [-0.05, 0) is 48.7 Å². The van der Waals surface area contributed by atoms with Crippen molar-refractivity contribution in [2.24, 2.45) is 10.7 Å². The fourth-order valence-corrected chi connectivity index (χ4v) is 2.75. The van der Waals surface area contributed by atoms with Crippen LogP contribution in [-0.2, 0) is 16.3 Å². The molecule has 0 amide bonds. The third-order valence-corrected chi connectivity index (χ3v) is 4.45. The predicted molar refractivity (Wildman–Crippen MR) is 110 cm³/mol. The molecule has 3 N–H and O–H groups in total. The van der Waals surface area contributed by atoms with Crippen LogP contribution in [0.3, 0.4) is 0 Å². The van der Waals surface area contributed by atoms with Crippen LogP contribution in [0, 0.1) is 6.92 Å². The monoisotopic (exact) mass is 459 g/mol. The Balaban J connectivity index is 0.00000288. The average Bonchev–Trinajstić information content (AvgIpc) is 2.47. The van der Waals surface area contributed by atoms with Crippen LogP contribution in [0.15, 0.2) is 58.4 Å². The quantitative estimate of drug-likeness (QED) is 0.409. The molecule has 0 aliphatic heterocycles. The van der Waals surface area contributed by atoms with Gasteiger partial charge in [-0.2, -0.15) is 0 Å². The number of hydrogen-bond donors (Lipinski definition) is 2. The Morgan fingerprint density at radius 1 is 1.17 bits per heavy atom.